The number of aromatic nitrogens is 4. The molecule has 1 aromatic carbocycles. The van der Waals surface area contributed by atoms with Crippen LogP contribution in [0.4, 0.5) is 0 Å². The van der Waals surface area contributed by atoms with E-state index in [2.05, 4.69) is 27.1 Å². The van der Waals surface area contributed by atoms with E-state index in [1.807, 2.05) is 24.3 Å². The first-order chi connectivity index (χ1) is 8.88. The Hall–Kier alpha value is -0.620. The monoisotopic (exact) mass is 280 g/mol. The van der Waals surface area contributed by atoms with E-state index in [1.165, 1.54) is 12.8 Å². The minimum atomic E-state index is 0. The summed E-state index contributed by atoms with van der Waals surface area (Å²) >= 11 is 1.65. The van der Waals surface area contributed by atoms with Gasteiger partial charge in [-0.15, -0.1) is 22.0 Å². The molecule has 4 nitrogen and oxygen atoms in total. The molecule has 3 rings (SSSR count). The molecule has 2 heterocycles. The largest absolute Gasteiger partial charge is 1.00 e. The molecule has 0 atom stereocenters. The van der Waals surface area contributed by atoms with Gasteiger partial charge in [-0.2, -0.15) is 0 Å². The van der Waals surface area contributed by atoms with Crippen LogP contribution in [-0.2, 0) is 0 Å². The van der Waals surface area contributed by atoms with Gasteiger partial charge in [0.25, 0.3) is 0 Å². The van der Waals surface area contributed by atoms with Crippen LogP contribution in [0.15, 0.2) is 29.4 Å². The van der Waals surface area contributed by atoms with Gasteiger partial charge in [0.2, 0.25) is 0 Å². The third-order valence-corrected chi connectivity index (χ3v) is 3.69. The van der Waals surface area contributed by atoms with Crippen LogP contribution in [-0.4, -0.2) is 20.9 Å². The maximum atomic E-state index is 4.48. The van der Waals surface area contributed by atoms with E-state index in [1.54, 1.807) is 11.8 Å². The molecule has 2 aromatic heterocycles. The summed E-state index contributed by atoms with van der Waals surface area (Å²) in [5.41, 5.74) is 2.43. The molecule has 19 heavy (non-hydrogen) atoms. The number of thioether (sulfide) groups is 1. The van der Waals surface area contributed by atoms with E-state index < -0.39 is 0 Å². The molecule has 0 saturated heterocycles. The first-order valence-electron chi connectivity index (χ1n) is 6.07. The Morgan fingerprint density at radius 2 is 2.05 bits per heavy atom. The van der Waals surface area contributed by atoms with Gasteiger partial charge in [0, 0.05) is 5.39 Å². The van der Waals surface area contributed by atoms with Crippen LogP contribution < -0.4 is 34.5 Å². The van der Waals surface area contributed by atoms with E-state index in [0.717, 1.165) is 27.3 Å². The van der Waals surface area contributed by atoms with Crippen LogP contribution in [0.25, 0.3) is 22.1 Å². The maximum absolute atomic E-state index is 4.48. The summed E-state index contributed by atoms with van der Waals surface area (Å²) in [6.45, 7) is 2.17. The van der Waals surface area contributed by atoms with Gasteiger partial charge in [-0.1, -0.05) is 37.6 Å². The SMILES string of the molecule is CCCCSc1nnc2c(n1)[n-]c1ccccc12.[Na+]. The van der Waals surface area contributed by atoms with Crippen molar-refractivity contribution in [1.82, 2.24) is 20.2 Å². The van der Waals surface area contributed by atoms with Gasteiger partial charge in [0.1, 0.15) is 5.16 Å². The first-order valence-corrected chi connectivity index (χ1v) is 7.05. The molecule has 0 N–H and O–H groups in total. The van der Waals surface area contributed by atoms with Gasteiger partial charge in [-0.25, -0.2) is 0 Å². The quantitative estimate of drug-likeness (QED) is 0.383. The normalized spacial score (nSPS) is 10.8. The number of unbranched alkanes of at least 4 members (excludes halogenated alkanes) is 1. The molecule has 6 heteroatoms. The Morgan fingerprint density at radius 1 is 1.21 bits per heavy atom. The fourth-order valence-electron chi connectivity index (χ4n) is 1.81. The third kappa shape index (κ3) is 3.11. The number of hydrogen-bond acceptors (Lipinski definition) is 4. The van der Waals surface area contributed by atoms with Gasteiger partial charge < -0.3 is 9.97 Å². The van der Waals surface area contributed by atoms with Crippen molar-refractivity contribution in [1.29, 1.82) is 0 Å². The van der Waals surface area contributed by atoms with Crippen molar-refractivity contribution in [3.63, 3.8) is 0 Å². The van der Waals surface area contributed by atoms with Crippen molar-refractivity contribution in [3.05, 3.63) is 24.3 Å². The van der Waals surface area contributed by atoms with E-state index in [-0.39, 0.29) is 29.6 Å². The van der Waals surface area contributed by atoms with Crippen molar-refractivity contribution < 1.29 is 29.6 Å². The molecular formula is C13H13N4NaS. The summed E-state index contributed by atoms with van der Waals surface area (Å²) < 4.78 is 0. The number of benzene rings is 1. The zero-order chi connectivity index (χ0) is 12.4. The molecular weight excluding hydrogens is 267 g/mol. The predicted octanol–water partition coefficient (Wildman–Crippen LogP) is 0.0314. The summed E-state index contributed by atoms with van der Waals surface area (Å²) in [4.78, 5) is 8.94. The molecule has 0 aliphatic rings. The van der Waals surface area contributed by atoms with Crippen molar-refractivity contribution in [2.24, 2.45) is 0 Å². The van der Waals surface area contributed by atoms with Crippen LogP contribution >= 0.6 is 11.8 Å². The molecule has 0 amide bonds. The van der Waals surface area contributed by atoms with E-state index >= 15 is 0 Å². The van der Waals surface area contributed by atoms with Crippen molar-refractivity contribution in [2.45, 2.75) is 24.9 Å². The molecule has 92 valence electrons. The summed E-state index contributed by atoms with van der Waals surface area (Å²) in [6, 6.07) is 7.93. The van der Waals surface area contributed by atoms with Crippen LogP contribution in [0.2, 0.25) is 0 Å². The Bertz CT molecular complexity index is 683. The molecule has 0 spiro atoms. The molecule has 0 radical (unpaired) electrons. The zero-order valence-corrected chi connectivity index (χ0v) is 13.9. The van der Waals surface area contributed by atoms with Crippen LogP contribution in [0.5, 0.6) is 0 Å². The van der Waals surface area contributed by atoms with Gasteiger partial charge in [-0.3, -0.25) is 0 Å². The van der Waals surface area contributed by atoms with Gasteiger partial charge in [-0.05, 0) is 23.3 Å². The number of para-hydroxylation sites is 1. The number of rotatable bonds is 4. The van der Waals surface area contributed by atoms with E-state index in [4.69, 9.17) is 0 Å². The van der Waals surface area contributed by atoms with Crippen LogP contribution in [0.1, 0.15) is 19.8 Å². The van der Waals surface area contributed by atoms with Crippen molar-refractivity contribution in [2.75, 3.05) is 5.75 Å². The summed E-state index contributed by atoms with van der Waals surface area (Å²) in [5.74, 6) is 1.03. The molecule has 0 bridgehead atoms. The van der Waals surface area contributed by atoms with Gasteiger partial charge in [0.15, 0.2) is 0 Å². The van der Waals surface area contributed by atoms with E-state index in [0.29, 0.717) is 5.65 Å². The Morgan fingerprint density at radius 3 is 2.89 bits per heavy atom. The van der Waals surface area contributed by atoms with Crippen LogP contribution in [0.3, 0.4) is 0 Å². The summed E-state index contributed by atoms with van der Waals surface area (Å²) in [5, 5.41) is 10.2. The minimum absolute atomic E-state index is 0. The molecule has 0 aliphatic heterocycles. The number of fused-ring (bicyclic) bond motifs is 3. The molecule has 0 unspecified atom stereocenters. The second-order valence-corrected chi connectivity index (χ2v) is 5.16. The predicted molar refractivity (Wildman–Crippen MR) is 73.8 cm³/mol. The average Bonchev–Trinajstić information content (AvgIpc) is 2.76. The fraction of sp³-hybridized carbons (Fsp3) is 0.308. The standard InChI is InChI=1S/C13H13N4S.Na/c1-2-3-8-18-13-15-12-11(16-17-13)9-6-4-5-7-10(9)14-12;/h4-7H,2-3,8H2,1H3;/q-1;+1. The van der Waals surface area contributed by atoms with Crippen LogP contribution in [0, 0.1) is 0 Å². The maximum Gasteiger partial charge on any atom is 1.00 e. The van der Waals surface area contributed by atoms with Gasteiger partial charge in [0.05, 0.1) is 5.52 Å². The average molecular weight is 280 g/mol. The van der Waals surface area contributed by atoms with E-state index in [9.17, 15) is 0 Å². The molecule has 3 aromatic rings. The zero-order valence-electron chi connectivity index (χ0n) is 11.1. The summed E-state index contributed by atoms with van der Waals surface area (Å²) in [7, 11) is 0. The Labute approximate surface area is 138 Å². The Kier molecular flexibility index (Phi) is 5.21. The molecule has 0 aliphatic carbocycles. The fourth-order valence-corrected chi connectivity index (χ4v) is 2.68. The number of hydrogen-bond donors (Lipinski definition) is 0. The third-order valence-electron chi connectivity index (χ3n) is 2.76. The second-order valence-electron chi connectivity index (χ2n) is 4.10. The molecule has 0 fully saturated rings. The summed E-state index contributed by atoms with van der Waals surface area (Å²) in [6.07, 6.45) is 2.35. The van der Waals surface area contributed by atoms with Gasteiger partial charge >= 0.3 is 29.6 Å². The van der Waals surface area contributed by atoms with Crippen molar-refractivity contribution in [3.8, 4) is 0 Å². The number of nitrogens with zero attached hydrogens (tertiary/aromatic N) is 4. The smallest absolute Gasteiger partial charge is 0.434 e. The first kappa shape index (κ1) is 14.8. The topological polar surface area (TPSA) is 52.8 Å². The minimum Gasteiger partial charge on any atom is -0.434 e. The molecule has 0 saturated carbocycles. The van der Waals surface area contributed by atoms with Crippen molar-refractivity contribution >= 4 is 33.8 Å². The second kappa shape index (κ2) is 6.70. The Balaban J connectivity index is 0.00000133.